The minimum atomic E-state index is -0.347. The molecule has 2 N–H and O–H groups in total. The Bertz CT molecular complexity index is 855. The predicted octanol–water partition coefficient (Wildman–Crippen LogP) is 3.46. The van der Waals surface area contributed by atoms with Gasteiger partial charge in [-0.1, -0.05) is 24.3 Å². The molecule has 1 heterocycles. The van der Waals surface area contributed by atoms with E-state index in [0.717, 1.165) is 37.1 Å². The SMILES string of the molecule is O=C(C1CC(O)C1)N1CCC(c2cccc(-c3cc(F)cc(CO)c3)c2)CC1. The highest BCUT2D eigenvalue weighted by atomic mass is 19.1. The zero-order chi connectivity index (χ0) is 19.7. The number of likely N-dealkylation sites (tertiary alicyclic amines) is 1. The monoisotopic (exact) mass is 383 g/mol. The number of amides is 1. The molecule has 4 nitrogen and oxygen atoms in total. The molecule has 2 aromatic rings. The number of carbonyl (C=O) groups excluding carboxylic acids is 1. The van der Waals surface area contributed by atoms with Crippen LogP contribution in [0.1, 0.15) is 42.7 Å². The average Bonchev–Trinajstić information content (AvgIpc) is 2.70. The second kappa shape index (κ2) is 8.02. The molecule has 1 amide bonds. The van der Waals surface area contributed by atoms with Gasteiger partial charge in [-0.3, -0.25) is 4.79 Å². The van der Waals surface area contributed by atoms with E-state index in [9.17, 15) is 19.4 Å². The third-order valence-corrected chi connectivity index (χ3v) is 6.10. The first-order valence-electron chi connectivity index (χ1n) is 10.0. The number of carbonyl (C=O) groups is 1. The number of aliphatic hydroxyl groups is 2. The lowest BCUT2D eigenvalue weighted by molar-refractivity contribution is -0.143. The van der Waals surface area contributed by atoms with Crippen LogP contribution < -0.4 is 0 Å². The van der Waals surface area contributed by atoms with Crippen molar-refractivity contribution in [1.29, 1.82) is 0 Å². The van der Waals surface area contributed by atoms with Gasteiger partial charge in [-0.05, 0) is 72.1 Å². The van der Waals surface area contributed by atoms with E-state index in [1.807, 2.05) is 23.1 Å². The van der Waals surface area contributed by atoms with Crippen LogP contribution in [0, 0.1) is 11.7 Å². The molecule has 4 rings (SSSR count). The number of rotatable bonds is 4. The summed E-state index contributed by atoms with van der Waals surface area (Å²) in [4.78, 5) is 14.4. The Hall–Kier alpha value is -2.24. The zero-order valence-corrected chi connectivity index (χ0v) is 15.9. The largest absolute Gasteiger partial charge is 0.393 e. The molecule has 0 radical (unpaired) electrons. The van der Waals surface area contributed by atoms with Gasteiger partial charge in [0.05, 0.1) is 12.7 Å². The van der Waals surface area contributed by atoms with Crippen molar-refractivity contribution in [2.24, 2.45) is 5.92 Å². The molecule has 5 heteroatoms. The van der Waals surface area contributed by atoms with E-state index in [1.165, 1.54) is 17.7 Å². The highest BCUT2D eigenvalue weighted by Gasteiger charge is 2.36. The molecule has 1 aliphatic carbocycles. The first-order chi connectivity index (χ1) is 13.5. The average molecular weight is 383 g/mol. The van der Waals surface area contributed by atoms with Gasteiger partial charge in [-0.15, -0.1) is 0 Å². The minimum Gasteiger partial charge on any atom is -0.393 e. The van der Waals surface area contributed by atoms with Gasteiger partial charge in [-0.2, -0.15) is 0 Å². The maximum Gasteiger partial charge on any atom is 0.225 e. The van der Waals surface area contributed by atoms with E-state index in [-0.39, 0.29) is 30.4 Å². The van der Waals surface area contributed by atoms with Crippen molar-refractivity contribution in [2.45, 2.75) is 44.3 Å². The second-order valence-corrected chi connectivity index (χ2v) is 8.05. The maximum absolute atomic E-state index is 13.8. The molecule has 28 heavy (non-hydrogen) atoms. The van der Waals surface area contributed by atoms with Crippen LogP contribution in [0.25, 0.3) is 11.1 Å². The van der Waals surface area contributed by atoms with Gasteiger partial charge in [0, 0.05) is 19.0 Å². The highest BCUT2D eigenvalue weighted by Crippen LogP contribution is 2.34. The second-order valence-electron chi connectivity index (χ2n) is 8.05. The lowest BCUT2D eigenvalue weighted by Crippen LogP contribution is -2.46. The Labute approximate surface area is 164 Å². The third kappa shape index (κ3) is 3.96. The Morgan fingerprint density at radius 1 is 1.07 bits per heavy atom. The van der Waals surface area contributed by atoms with E-state index >= 15 is 0 Å². The minimum absolute atomic E-state index is 0.00331. The smallest absolute Gasteiger partial charge is 0.225 e. The molecule has 0 unspecified atom stereocenters. The third-order valence-electron chi connectivity index (χ3n) is 6.10. The normalized spacial score (nSPS) is 22.8. The number of hydrogen-bond acceptors (Lipinski definition) is 3. The van der Waals surface area contributed by atoms with E-state index < -0.39 is 0 Å². The summed E-state index contributed by atoms with van der Waals surface area (Å²) in [5.41, 5.74) is 3.47. The van der Waals surface area contributed by atoms with Crippen LogP contribution in [-0.2, 0) is 11.4 Å². The van der Waals surface area contributed by atoms with Gasteiger partial charge in [0.1, 0.15) is 5.82 Å². The van der Waals surface area contributed by atoms with Gasteiger partial charge >= 0.3 is 0 Å². The maximum atomic E-state index is 13.8. The molecular formula is C23H26FNO3. The Morgan fingerprint density at radius 3 is 2.50 bits per heavy atom. The van der Waals surface area contributed by atoms with Crippen LogP contribution in [-0.4, -0.2) is 40.2 Å². The summed E-state index contributed by atoms with van der Waals surface area (Å²) < 4.78 is 13.8. The van der Waals surface area contributed by atoms with E-state index in [1.54, 1.807) is 0 Å². The van der Waals surface area contributed by atoms with Crippen LogP contribution >= 0.6 is 0 Å². The van der Waals surface area contributed by atoms with Gasteiger partial charge < -0.3 is 15.1 Å². The highest BCUT2D eigenvalue weighted by molar-refractivity contribution is 5.80. The van der Waals surface area contributed by atoms with E-state index in [0.29, 0.717) is 24.3 Å². The summed E-state index contributed by atoms with van der Waals surface area (Å²) in [6.45, 7) is 1.30. The van der Waals surface area contributed by atoms with Crippen LogP contribution in [0.15, 0.2) is 42.5 Å². The molecule has 0 atom stereocenters. The van der Waals surface area contributed by atoms with Gasteiger partial charge in [0.2, 0.25) is 5.91 Å². The molecular weight excluding hydrogens is 357 g/mol. The first-order valence-corrected chi connectivity index (χ1v) is 10.0. The fraction of sp³-hybridized carbons (Fsp3) is 0.435. The number of benzene rings is 2. The van der Waals surface area contributed by atoms with Crippen molar-refractivity contribution >= 4 is 5.91 Å². The number of aliphatic hydroxyl groups excluding tert-OH is 2. The number of halogens is 1. The molecule has 0 bridgehead atoms. The number of piperidine rings is 1. The van der Waals surface area contributed by atoms with Crippen molar-refractivity contribution in [3.8, 4) is 11.1 Å². The molecule has 0 spiro atoms. The van der Waals surface area contributed by atoms with Gasteiger partial charge in [0.25, 0.3) is 0 Å². The molecule has 0 aromatic heterocycles. The quantitative estimate of drug-likeness (QED) is 0.850. The lowest BCUT2D eigenvalue weighted by Gasteiger charge is -2.38. The molecule has 1 aliphatic heterocycles. The van der Waals surface area contributed by atoms with Crippen LogP contribution in [0.5, 0.6) is 0 Å². The number of nitrogens with zero attached hydrogens (tertiary/aromatic N) is 1. The predicted molar refractivity (Wildman–Crippen MR) is 105 cm³/mol. The molecule has 1 saturated carbocycles. The van der Waals surface area contributed by atoms with Gasteiger partial charge in [-0.25, -0.2) is 4.39 Å². The fourth-order valence-corrected chi connectivity index (χ4v) is 4.36. The summed E-state index contributed by atoms with van der Waals surface area (Å²) in [7, 11) is 0. The van der Waals surface area contributed by atoms with Gasteiger partial charge in [0.15, 0.2) is 0 Å². The summed E-state index contributed by atoms with van der Waals surface area (Å²) >= 11 is 0. The summed E-state index contributed by atoms with van der Waals surface area (Å²) in [6, 6.07) is 12.8. The van der Waals surface area contributed by atoms with Crippen LogP contribution in [0.4, 0.5) is 4.39 Å². The topological polar surface area (TPSA) is 60.8 Å². The molecule has 2 aliphatic rings. The molecule has 148 valence electrons. The fourth-order valence-electron chi connectivity index (χ4n) is 4.36. The van der Waals surface area contributed by atoms with E-state index in [4.69, 9.17) is 0 Å². The summed E-state index contributed by atoms with van der Waals surface area (Å²) in [5, 5.41) is 18.7. The number of hydrogen-bond donors (Lipinski definition) is 2. The Kier molecular flexibility index (Phi) is 5.47. The standard InChI is InChI=1S/C23H26FNO3/c24-21-9-15(14-26)8-19(11-21)18-3-1-2-17(10-18)16-4-6-25(7-5-16)23(28)20-12-22(27)13-20/h1-3,8-11,16,20,22,26-27H,4-7,12-14H2. The Balaban J connectivity index is 1.44. The zero-order valence-electron chi connectivity index (χ0n) is 15.9. The van der Waals surface area contributed by atoms with Crippen molar-refractivity contribution in [1.82, 2.24) is 4.90 Å². The van der Waals surface area contributed by atoms with Crippen molar-refractivity contribution in [2.75, 3.05) is 13.1 Å². The summed E-state index contributed by atoms with van der Waals surface area (Å²) in [6.07, 6.45) is 2.72. The van der Waals surface area contributed by atoms with E-state index in [2.05, 4.69) is 12.1 Å². The lowest BCUT2D eigenvalue weighted by atomic mass is 9.80. The first kappa shape index (κ1) is 19.1. The van der Waals surface area contributed by atoms with Crippen molar-refractivity contribution in [3.63, 3.8) is 0 Å². The van der Waals surface area contributed by atoms with Crippen LogP contribution in [0.2, 0.25) is 0 Å². The molecule has 2 aromatic carbocycles. The van der Waals surface area contributed by atoms with Crippen LogP contribution in [0.3, 0.4) is 0 Å². The Morgan fingerprint density at radius 2 is 1.82 bits per heavy atom. The van der Waals surface area contributed by atoms with Crippen molar-refractivity contribution in [3.05, 3.63) is 59.4 Å². The summed E-state index contributed by atoms with van der Waals surface area (Å²) in [5.74, 6) is 0.221. The molecule has 1 saturated heterocycles. The molecule has 2 fully saturated rings. The van der Waals surface area contributed by atoms with Crippen molar-refractivity contribution < 1.29 is 19.4 Å².